The van der Waals surface area contributed by atoms with Crippen LogP contribution in [0.1, 0.15) is 33.6 Å². The van der Waals surface area contributed by atoms with Crippen LogP contribution in [0.4, 0.5) is 0 Å². The topological polar surface area (TPSA) is 53.1 Å². The van der Waals surface area contributed by atoms with Crippen LogP contribution in [0.25, 0.3) is 17.0 Å². The number of rotatable bonds is 1. The third-order valence-electron chi connectivity index (χ3n) is 4.46. The van der Waals surface area contributed by atoms with E-state index in [0.717, 1.165) is 46.1 Å². The maximum atomic E-state index is 12.8. The predicted molar refractivity (Wildman–Crippen MR) is 91.8 cm³/mol. The summed E-state index contributed by atoms with van der Waals surface area (Å²) in [6, 6.07) is 13.2. The van der Waals surface area contributed by atoms with Gasteiger partial charge >= 0.3 is 0 Å². The molecule has 0 bridgehead atoms. The molecule has 3 nitrogen and oxygen atoms in total. The maximum Gasteiger partial charge on any atom is 0.205 e. The molecule has 1 aliphatic rings. The SMILES string of the molecule is Cc1ccc2[nH]c3c(c2c1)CC/C(=C/c1ccc(O)cc1)C3=O. The van der Waals surface area contributed by atoms with Gasteiger partial charge in [0.1, 0.15) is 5.75 Å². The highest BCUT2D eigenvalue weighted by atomic mass is 16.3. The van der Waals surface area contributed by atoms with Crippen LogP contribution in [0.15, 0.2) is 48.0 Å². The number of carbonyl (C=O) groups excluding carboxylic acids is 1. The van der Waals surface area contributed by atoms with E-state index in [1.54, 1.807) is 12.1 Å². The lowest BCUT2D eigenvalue weighted by Gasteiger charge is -2.14. The van der Waals surface area contributed by atoms with Crippen molar-refractivity contribution in [3.63, 3.8) is 0 Å². The monoisotopic (exact) mass is 303 g/mol. The van der Waals surface area contributed by atoms with Crippen LogP contribution >= 0.6 is 0 Å². The van der Waals surface area contributed by atoms with Crippen molar-refractivity contribution in [3.8, 4) is 5.75 Å². The molecule has 3 aromatic rings. The summed E-state index contributed by atoms with van der Waals surface area (Å²) < 4.78 is 0. The first kappa shape index (κ1) is 13.8. The summed E-state index contributed by atoms with van der Waals surface area (Å²) in [5, 5.41) is 10.5. The highest BCUT2D eigenvalue weighted by Crippen LogP contribution is 2.32. The molecule has 0 unspecified atom stereocenters. The number of hydrogen-bond donors (Lipinski definition) is 2. The van der Waals surface area contributed by atoms with Gasteiger partial charge in [0, 0.05) is 16.5 Å². The first-order valence-electron chi connectivity index (χ1n) is 7.77. The molecule has 4 rings (SSSR count). The number of fused-ring (bicyclic) bond motifs is 3. The number of allylic oxidation sites excluding steroid dienone is 1. The minimum atomic E-state index is 0.0770. The molecule has 114 valence electrons. The fourth-order valence-corrected chi connectivity index (χ4v) is 3.26. The maximum absolute atomic E-state index is 12.8. The zero-order valence-corrected chi connectivity index (χ0v) is 12.9. The summed E-state index contributed by atoms with van der Waals surface area (Å²) in [6.45, 7) is 2.07. The standard InChI is InChI=1S/C20H17NO2/c1-12-2-9-18-17(10-12)16-8-5-14(20(23)19(16)21-18)11-13-3-6-15(22)7-4-13/h2-4,6-7,9-11,21-22H,5,8H2,1H3/b14-11-. The predicted octanol–water partition coefficient (Wildman–Crippen LogP) is 4.39. The number of Topliss-reactive ketones (excluding diaryl/α,β-unsaturated/α-hetero) is 1. The molecule has 1 heterocycles. The van der Waals surface area contributed by atoms with Crippen molar-refractivity contribution in [2.75, 3.05) is 0 Å². The number of nitrogens with one attached hydrogen (secondary N) is 1. The van der Waals surface area contributed by atoms with Crippen molar-refractivity contribution < 1.29 is 9.90 Å². The summed E-state index contributed by atoms with van der Waals surface area (Å²) in [5.74, 6) is 0.309. The van der Waals surface area contributed by atoms with Crippen LogP contribution in [0, 0.1) is 6.92 Å². The van der Waals surface area contributed by atoms with Gasteiger partial charge in [-0.05, 0) is 61.2 Å². The summed E-state index contributed by atoms with van der Waals surface area (Å²) in [6.07, 6.45) is 3.53. The number of aromatic nitrogens is 1. The molecule has 2 N–H and O–H groups in total. The average Bonchev–Trinajstić information content (AvgIpc) is 2.91. The van der Waals surface area contributed by atoms with E-state index >= 15 is 0 Å². The molecule has 3 heteroatoms. The number of phenolic OH excluding ortho intramolecular Hbond substituents is 1. The summed E-state index contributed by atoms with van der Waals surface area (Å²) in [4.78, 5) is 16.1. The first-order valence-corrected chi connectivity index (χ1v) is 7.77. The van der Waals surface area contributed by atoms with Crippen LogP contribution in [0.3, 0.4) is 0 Å². The van der Waals surface area contributed by atoms with E-state index in [2.05, 4.69) is 24.0 Å². The largest absolute Gasteiger partial charge is 0.508 e. The van der Waals surface area contributed by atoms with Crippen molar-refractivity contribution >= 4 is 22.8 Å². The highest BCUT2D eigenvalue weighted by Gasteiger charge is 2.25. The molecule has 0 saturated carbocycles. The summed E-state index contributed by atoms with van der Waals surface area (Å²) in [7, 11) is 0. The average molecular weight is 303 g/mol. The second-order valence-corrected chi connectivity index (χ2v) is 6.12. The summed E-state index contributed by atoms with van der Waals surface area (Å²) >= 11 is 0. The molecule has 0 spiro atoms. The van der Waals surface area contributed by atoms with Crippen molar-refractivity contribution in [1.29, 1.82) is 0 Å². The Bertz CT molecular complexity index is 946. The lowest BCUT2D eigenvalue weighted by molar-refractivity contribution is 0.102. The fourth-order valence-electron chi connectivity index (χ4n) is 3.26. The third-order valence-corrected chi connectivity index (χ3v) is 4.46. The number of H-pyrrole nitrogens is 1. The molecular weight excluding hydrogens is 286 g/mol. The van der Waals surface area contributed by atoms with Crippen LogP contribution in [-0.4, -0.2) is 15.9 Å². The van der Waals surface area contributed by atoms with E-state index in [-0.39, 0.29) is 11.5 Å². The van der Waals surface area contributed by atoms with Crippen molar-refractivity contribution in [2.45, 2.75) is 19.8 Å². The van der Waals surface area contributed by atoms with Crippen molar-refractivity contribution in [3.05, 3.63) is 70.4 Å². The molecule has 0 saturated heterocycles. The minimum absolute atomic E-state index is 0.0770. The second kappa shape index (κ2) is 5.13. The Morgan fingerprint density at radius 2 is 1.87 bits per heavy atom. The van der Waals surface area contributed by atoms with Crippen LogP contribution in [0.5, 0.6) is 5.75 Å². The van der Waals surface area contributed by atoms with Gasteiger partial charge in [-0.3, -0.25) is 4.79 Å². The molecule has 0 fully saturated rings. The Morgan fingerprint density at radius 3 is 2.65 bits per heavy atom. The first-order chi connectivity index (χ1) is 11.1. The van der Waals surface area contributed by atoms with Gasteiger partial charge in [0.15, 0.2) is 0 Å². The molecule has 0 amide bonds. The molecule has 1 aliphatic carbocycles. The number of aryl methyl sites for hydroxylation is 2. The van der Waals surface area contributed by atoms with Crippen LogP contribution < -0.4 is 0 Å². The van der Waals surface area contributed by atoms with Crippen LogP contribution in [0.2, 0.25) is 0 Å². The number of phenols is 1. The van der Waals surface area contributed by atoms with E-state index < -0.39 is 0 Å². The number of aromatic amines is 1. The van der Waals surface area contributed by atoms with E-state index in [1.807, 2.05) is 24.3 Å². The second-order valence-electron chi connectivity index (χ2n) is 6.12. The molecule has 0 atom stereocenters. The molecule has 0 radical (unpaired) electrons. The smallest absolute Gasteiger partial charge is 0.205 e. The van der Waals surface area contributed by atoms with Crippen LogP contribution in [-0.2, 0) is 6.42 Å². The van der Waals surface area contributed by atoms with Gasteiger partial charge in [-0.1, -0.05) is 23.8 Å². The molecule has 0 aliphatic heterocycles. The Morgan fingerprint density at radius 1 is 1.09 bits per heavy atom. The summed E-state index contributed by atoms with van der Waals surface area (Å²) in [5.41, 5.74) is 5.84. The lowest BCUT2D eigenvalue weighted by Crippen LogP contribution is -2.13. The lowest BCUT2D eigenvalue weighted by atomic mass is 9.89. The Balaban J connectivity index is 1.77. The van der Waals surface area contributed by atoms with Gasteiger partial charge in [-0.2, -0.15) is 0 Å². The fraction of sp³-hybridized carbons (Fsp3) is 0.150. The Kier molecular flexibility index (Phi) is 3.08. The Hall–Kier alpha value is -2.81. The van der Waals surface area contributed by atoms with Gasteiger partial charge < -0.3 is 10.1 Å². The number of aromatic hydroxyl groups is 1. The Labute approximate surface area is 134 Å². The van der Waals surface area contributed by atoms with E-state index in [4.69, 9.17) is 0 Å². The quantitative estimate of drug-likeness (QED) is 0.655. The van der Waals surface area contributed by atoms with Gasteiger partial charge in [0.2, 0.25) is 5.78 Å². The third kappa shape index (κ3) is 2.34. The number of carbonyl (C=O) groups is 1. The van der Waals surface area contributed by atoms with Gasteiger partial charge in [-0.15, -0.1) is 0 Å². The zero-order chi connectivity index (χ0) is 16.0. The minimum Gasteiger partial charge on any atom is -0.508 e. The number of benzene rings is 2. The normalized spacial score (nSPS) is 16.0. The van der Waals surface area contributed by atoms with Gasteiger partial charge in [0.25, 0.3) is 0 Å². The van der Waals surface area contributed by atoms with E-state index in [1.165, 1.54) is 5.56 Å². The molecule has 23 heavy (non-hydrogen) atoms. The number of hydrogen-bond acceptors (Lipinski definition) is 2. The van der Waals surface area contributed by atoms with Gasteiger partial charge in [0.05, 0.1) is 5.69 Å². The molecule has 2 aromatic carbocycles. The molecular formula is C20H17NO2. The molecule has 1 aromatic heterocycles. The van der Waals surface area contributed by atoms with Crippen molar-refractivity contribution in [1.82, 2.24) is 4.98 Å². The van der Waals surface area contributed by atoms with Crippen molar-refractivity contribution in [2.24, 2.45) is 0 Å². The van der Waals surface area contributed by atoms with Gasteiger partial charge in [-0.25, -0.2) is 0 Å². The van der Waals surface area contributed by atoms with E-state index in [0.29, 0.717) is 0 Å². The number of ketones is 1. The zero-order valence-electron chi connectivity index (χ0n) is 12.9. The van der Waals surface area contributed by atoms with E-state index in [9.17, 15) is 9.90 Å². The highest BCUT2D eigenvalue weighted by molar-refractivity contribution is 6.15.